The van der Waals surface area contributed by atoms with Crippen LogP contribution in [-0.2, 0) is 9.53 Å². The van der Waals surface area contributed by atoms with Crippen molar-refractivity contribution in [2.75, 3.05) is 6.61 Å². The first-order chi connectivity index (χ1) is 11.7. The number of nitrogens with zero attached hydrogens (tertiary/aromatic N) is 1. The Morgan fingerprint density at radius 1 is 1.44 bits per heavy atom. The summed E-state index contributed by atoms with van der Waals surface area (Å²) in [5.74, 6) is -1.75. The Morgan fingerprint density at radius 2 is 2.12 bits per heavy atom. The van der Waals surface area contributed by atoms with Gasteiger partial charge in [0.05, 0.1) is 6.07 Å². The average molecular weight is 362 g/mol. The van der Waals surface area contributed by atoms with Crippen molar-refractivity contribution >= 4 is 33.3 Å². The van der Waals surface area contributed by atoms with Gasteiger partial charge in [0.15, 0.2) is 6.61 Å². The molecular weight excluding hydrogens is 343 g/mol. The number of hydrogen-bond donors (Lipinski definition) is 1. The van der Waals surface area contributed by atoms with E-state index in [0.29, 0.717) is 15.6 Å². The quantitative estimate of drug-likeness (QED) is 0.825. The molecule has 5 nitrogen and oxygen atoms in total. The number of rotatable bonds is 5. The van der Waals surface area contributed by atoms with Gasteiger partial charge in [0, 0.05) is 10.1 Å². The first-order valence-electron chi connectivity index (χ1n) is 7.76. The van der Waals surface area contributed by atoms with Crippen LogP contribution in [0.2, 0.25) is 0 Å². The van der Waals surface area contributed by atoms with Crippen LogP contribution in [0.25, 0.3) is 10.1 Å². The standard InChI is InChI=1S/C18H19FN2O3S/c1-10(2)18(4,9-20)21-14(22)8-24-17(23)16-11(3)15-12(19)6-5-7-13(15)25-16/h5-7,10H,8H2,1-4H3,(H,21,22)/t18-/m1/s1. The third-order valence-corrected chi connectivity index (χ3v) is 5.45. The predicted octanol–water partition coefficient (Wildman–Crippen LogP) is 3.56. The van der Waals surface area contributed by atoms with E-state index < -0.39 is 29.8 Å². The van der Waals surface area contributed by atoms with Gasteiger partial charge in [-0.05, 0) is 37.5 Å². The highest BCUT2D eigenvalue weighted by atomic mass is 32.1. The fraction of sp³-hybridized carbons (Fsp3) is 0.389. The molecule has 25 heavy (non-hydrogen) atoms. The van der Waals surface area contributed by atoms with E-state index >= 15 is 0 Å². The molecule has 0 saturated carbocycles. The van der Waals surface area contributed by atoms with E-state index in [1.54, 1.807) is 26.0 Å². The molecular formula is C18H19FN2O3S. The number of ether oxygens (including phenoxy) is 1. The molecule has 0 bridgehead atoms. The lowest BCUT2D eigenvalue weighted by Gasteiger charge is -2.27. The van der Waals surface area contributed by atoms with Crippen molar-refractivity contribution in [3.63, 3.8) is 0 Å². The van der Waals surface area contributed by atoms with E-state index in [1.807, 2.05) is 19.9 Å². The number of thiophene rings is 1. The third-order valence-electron chi connectivity index (χ3n) is 4.21. The molecule has 2 aromatic rings. The number of nitriles is 1. The van der Waals surface area contributed by atoms with Gasteiger partial charge >= 0.3 is 5.97 Å². The minimum Gasteiger partial charge on any atom is -0.451 e. The largest absolute Gasteiger partial charge is 0.451 e. The number of fused-ring (bicyclic) bond motifs is 1. The molecule has 0 aliphatic heterocycles. The summed E-state index contributed by atoms with van der Waals surface area (Å²) in [7, 11) is 0. The fourth-order valence-corrected chi connectivity index (χ4v) is 3.39. The van der Waals surface area contributed by atoms with Gasteiger partial charge in [0.25, 0.3) is 5.91 Å². The second kappa shape index (κ2) is 7.19. The van der Waals surface area contributed by atoms with E-state index in [4.69, 9.17) is 4.74 Å². The normalized spacial score (nSPS) is 13.3. The van der Waals surface area contributed by atoms with Crippen LogP contribution in [0.4, 0.5) is 4.39 Å². The number of carbonyl (C=O) groups is 2. The Balaban J connectivity index is 2.09. The third kappa shape index (κ3) is 3.80. The lowest BCUT2D eigenvalue weighted by atomic mass is 9.90. The van der Waals surface area contributed by atoms with Crippen LogP contribution >= 0.6 is 11.3 Å². The topological polar surface area (TPSA) is 79.2 Å². The van der Waals surface area contributed by atoms with E-state index in [0.717, 1.165) is 11.3 Å². The number of benzene rings is 1. The van der Waals surface area contributed by atoms with Crippen LogP contribution in [0, 0.1) is 30.0 Å². The SMILES string of the molecule is Cc1c(C(=O)OCC(=O)N[C@](C)(C#N)C(C)C)sc2cccc(F)c12. The molecule has 0 spiro atoms. The molecule has 0 radical (unpaired) electrons. The number of nitrogens with one attached hydrogen (secondary N) is 1. The monoisotopic (exact) mass is 362 g/mol. The number of esters is 1. The molecule has 1 amide bonds. The van der Waals surface area contributed by atoms with Gasteiger partial charge in [0.1, 0.15) is 16.2 Å². The maximum Gasteiger partial charge on any atom is 0.349 e. The molecule has 0 aliphatic carbocycles. The fourth-order valence-electron chi connectivity index (χ4n) is 2.27. The smallest absolute Gasteiger partial charge is 0.349 e. The van der Waals surface area contributed by atoms with Gasteiger partial charge in [-0.3, -0.25) is 4.79 Å². The van der Waals surface area contributed by atoms with Crippen molar-refractivity contribution in [2.45, 2.75) is 33.2 Å². The second-order valence-electron chi connectivity index (χ2n) is 6.26. The molecule has 0 unspecified atom stereocenters. The highest BCUT2D eigenvalue weighted by molar-refractivity contribution is 7.21. The van der Waals surface area contributed by atoms with Crippen molar-refractivity contribution in [2.24, 2.45) is 5.92 Å². The summed E-state index contributed by atoms with van der Waals surface area (Å²) in [5.41, 5.74) is -0.548. The van der Waals surface area contributed by atoms with Gasteiger partial charge in [-0.15, -0.1) is 11.3 Å². The van der Waals surface area contributed by atoms with Crippen molar-refractivity contribution < 1.29 is 18.7 Å². The Morgan fingerprint density at radius 3 is 2.68 bits per heavy atom. The first kappa shape index (κ1) is 18.9. The lowest BCUT2D eigenvalue weighted by molar-refractivity contribution is -0.125. The summed E-state index contributed by atoms with van der Waals surface area (Å²) in [6, 6.07) is 6.68. The first-order valence-corrected chi connectivity index (χ1v) is 8.58. The molecule has 1 atom stereocenters. The lowest BCUT2D eigenvalue weighted by Crippen LogP contribution is -2.50. The van der Waals surface area contributed by atoms with Crippen molar-refractivity contribution in [1.29, 1.82) is 5.26 Å². The Hall–Kier alpha value is -2.46. The molecule has 0 saturated heterocycles. The van der Waals surface area contributed by atoms with Crippen LogP contribution in [0.15, 0.2) is 18.2 Å². The van der Waals surface area contributed by atoms with Crippen molar-refractivity contribution in [3.05, 3.63) is 34.5 Å². The predicted molar refractivity (Wildman–Crippen MR) is 93.8 cm³/mol. The Labute approximate surface area is 149 Å². The highest BCUT2D eigenvalue weighted by Gasteiger charge is 2.30. The van der Waals surface area contributed by atoms with E-state index in [-0.39, 0.29) is 10.8 Å². The average Bonchev–Trinajstić information content (AvgIpc) is 2.90. The maximum absolute atomic E-state index is 13.9. The zero-order valence-electron chi connectivity index (χ0n) is 14.5. The molecule has 1 heterocycles. The van der Waals surface area contributed by atoms with Gasteiger partial charge < -0.3 is 10.1 Å². The van der Waals surface area contributed by atoms with Crippen LogP contribution in [0.1, 0.15) is 36.0 Å². The summed E-state index contributed by atoms with van der Waals surface area (Å²) in [6.45, 7) is 6.37. The summed E-state index contributed by atoms with van der Waals surface area (Å²) in [4.78, 5) is 24.5. The van der Waals surface area contributed by atoms with Crippen LogP contribution in [0.5, 0.6) is 0 Å². The van der Waals surface area contributed by atoms with E-state index in [1.165, 1.54) is 6.07 Å². The maximum atomic E-state index is 13.9. The zero-order valence-corrected chi connectivity index (χ0v) is 15.3. The molecule has 1 N–H and O–H groups in total. The number of amides is 1. The number of halogens is 1. The minimum atomic E-state index is -1.04. The van der Waals surface area contributed by atoms with Crippen LogP contribution < -0.4 is 5.32 Å². The highest BCUT2D eigenvalue weighted by Crippen LogP contribution is 2.32. The number of hydrogen-bond acceptors (Lipinski definition) is 5. The molecule has 1 aromatic carbocycles. The van der Waals surface area contributed by atoms with Gasteiger partial charge in [0.2, 0.25) is 0 Å². The number of carbonyl (C=O) groups excluding carboxylic acids is 2. The van der Waals surface area contributed by atoms with Crippen LogP contribution in [0.3, 0.4) is 0 Å². The van der Waals surface area contributed by atoms with Crippen LogP contribution in [-0.4, -0.2) is 24.0 Å². The minimum absolute atomic E-state index is 0.107. The summed E-state index contributed by atoms with van der Waals surface area (Å²) < 4.78 is 19.6. The molecule has 2 rings (SSSR count). The second-order valence-corrected chi connectivity index (χ2v) is 7.31. The molecule has 0 aliphatic rings. The zero-order chi connectivity index (χ0) is 18.8. The summed E-state index contributed by atoms with van der Waals surface area (Å²) in [6.07, 6.45) is 0. The molecule has 7 heteroatoms. The summed E-state index contributed by atoms with van der Waals surface area (Å²) in [5, 5.41) is 12.2. The molecule has 1 aromatic heterocycles. The van der Waals surface area contributed by atoms with Crippen molar-refractivity contribution in [3.8, 4) is 6.07 Å². The van der Waals surface area contributed by atoms with Gasteiger partial charge in [-0.25, -0.2) is 9.18 Å². The van der Waals surface area contributed by atoms with Gasteiger partial charge in [-0.1, -0.05) is 19.9 Å². The Bertz CT molecular complexity index is 869. The van der Waals surface area contributed by atoms with E-state index in [2.05, 4.69) is 5.32 Å². The van der Waals surface area contributed by atoms with Gasteiger partial charge in [-0.2, -0.15) is 5.26 Å². The molecule has 0 fully saturated rings. The Kier molecular flexibility index (Phi) is 5.43. The van der Waals surface area contributed by atoms with Crippen molar-refractivity contribution in [1.82, 2.24) is 5.32 Å². The van der Waals surface area contributed by atoms with E-state index in [9.17, 15) is 19.2 Å². The summed E-state index contributed by atoms with van der Waals surface area (Å²) >= 11 is 1.12. The number of aryl methyl sites for hydroxylation is 1. The molecule has 132 valence electrons.